The van der Waals surface area contributed by atoms with Crippen molar-refractivity contribution in [2.75, 3.05) is 19.6 Å². The molecule has 1 atom stereocenters. The summed E-state index contributed by atoms with van der Waals surface area (Å²) in [5, 5.41) is 5.11. The van der Waals surface area contributed by atoms with E-state index in [2.05, 4.69) is 18.5 Å². The SMILES string of the molecule is CC(=O)N1CCC(n2nc([C@H]3CCCN3C(=O)c3ccccc3)c3c2CC(C)(C)CC3=O)CC1. The smallest absolute Gasteiger partial charge is 0.254 e. The van der Waals surface area contributed by atoms with Crippen LogP contribution in [-0.2, 0) is 11.2 Å². The van der Waals surface area contributed by atoms with Crippen molar-refractivity contribution in [3.8, 4) is 0 Å². The van der Waals surface area contributed by atoms with Gasteiger partial charge in [0.1, 0.15) is 0 Å². The zero-order chi connectivity index (χ0) is 24.0. The van der Waals surface area contributed by atoms with E-state index in [1.807, 2.05) is 40.1 Å². The Labute approximate surface area is 201 Å². The van der Waals surface area contributed by atoms with Gasteiger partial charge >= 0.3 is 0 Å². The molecule has 1 aromatic carbocycles. The summed E-state index contributed by atoms with van der Waals surface area (Å²) in [4.78, 5) is 42.4. The molecule has 0 radical (unpaired) electrons. The van der Waals surface area contributed by atoms with Gasteiger partial charge in [0.2, 0.25) is 5.91 Å². The van der Waals surface area contributed by atoms with E-state index in [-0.39, 0.29) is 35.1 Å². The number of benzene rings is 1. The molecule has 2 saturated heterocycles. The second-order valence-corrected chi connectivity index (χ2v) is 10.9. The van der Waals surface area contributed by atoms with Crippen LogP contribution in [-0.4, -0.2) is 56.8 Å². The largest absolute Gasteiger partial charge is 0.343 e. The fourth-order valence-electron chi connectivity index (χ4n) is 6.00. The van der Waals surface area contributed by atoms with Crippen molar-refractivity contribution in [3.63, 3.8) is 0 Å². The Morgan fingerprint density at radius 1 is 1.00 bits per heavy atom. The summed E-state index contributed by atoms with van der Waals surface area (Å²) in [5.41, 5.74) is 3.12. The molecule has 0 saturated carbocycles. The van der Waals surface area contributed by atoms with Gasteiger partial charge in [-0.15, -0.1) is 0 Å². The predicted molar refractivity (Wildman–Crippen MR) is 129 cm³/mol. The van der Waals surface area contributed by atoms with E-state index >= 15 is 0 Å². The summed E-state index contributed by atoms with van der Waals surface area (Å²) >= 11 is 0. The Kier molecular flexibility index (Phi) is 5.82. The monoisotopic (exact) mass is 462 g/mol. The molecule has 2 amide bonds. The lowest BCUT2D eigenvalue weighted by molar-refractivity contribution is -0.130. The molecular weight excluding hydrogens is 428 g/mol. The maximum atomic E-state index is 13.5. The number of amides is 2. The number of nitrogens with zero attached hydrogens (tertiary/aromatic N) is 4. The lowest BCUT2D eigenvalue weighted by atomic mass is 9.75. The summed E-state index contributed by atoms with van der Waals surface area (Å²) < 4.78 is 2.10. The molecule has 0 N–H and O–H groups in total. The van der Waals surface area contributed by atoms with E-state index in [9.17, 15) is 14.4 Å². The van der Waals surface area contributed by atoms with Crippen molar-refractivity contribution in [2.45, 2.75) is 71.4 Å². The van der Waals surface area contributed by atoms with Gasteiger partial charge in [-0.3, -0.25) is 19.1 Å². The molecule has 1 aromatic heterocycles. The number of fused-ring (bicyclic) bond motifs is 1. The van der Waals surface area contributed by atoms with E-state index in [4.69, 9.17) is 5.10 Å². The van der Waals surface area contributed by atoms with Crippen molar-refractivity contribution < 1.29 is 14.4 Å². The third-order valence-corrected chi connectivity index (χ3v) is 7.71. The minimum atomic E-state index is -0.176. The number of rotatable bonds is 3. The van der Waals surface area contributed by atoms with Gasteiger partial charge in [-0.2, -0.15) is 5.10 Å². The van der Waals surface area contributed by atoms with E-state index in [1.54, 1.807) is 6.92 Å². The van der Waals surface area contributed by atoms with Gasteiger partial charge in [-0.1, -0.05) is 32.0 Å². The lowest BCUT2D eigenvalue weighted by Gasteiger charge is -2.34. The number of hydrogen-bond donors (Lipinski definition) is 0. The first-order valence-corrected chi connectivity index (χ1v) is 12.5. The highest BCUT2D eigenvalue weighted by Gasteiger charge is 2.42. The molecule has 3 heterocycles. The highest BCUT2D eigenvalue weighted by molar-refractivity contribution is 6.00. The summed E-state index contributed by atoms with van der Waals surface area (Å²) in [6, 6.07) is 9.37. The summed E-state index contributed by atoms with van der Waals surface area (Å²) in [6.07, 6.45) is 4.69. The van der Waals surface area contributed by atoms with Crippen LogP contribution in [0.2, 0.25) is 0 Å². The third kappa shape index (κ3) is 4.05. The molecule has 34 heavy (non-hydrogen) atoms. The Morgan fingerprint density at radius 3 is 2.38 bits per heavy atom. The Balaban J connectivity index is 1.52. The summed E-state index contributed by atoms with van der Waals surface area (Å²) in [6.45, 7) is 8.01. The van der Waals surface area contributed by atoms with Crippen LogP contribution in [0, 0.1) is 5.41 Å². The Hall–Kier alpha value is -2.96. The summed E-state index contributed by atoms with van der Waals surface area (Å²) in [5.74, 6) is 0.261. The Bertz CT molecular complexity index is 1110. The maximum Gasteiger partial charge on any atom is 0.254 e. The number of aromatic nitrogens is 2. The van der Waals surface area contributed by atoms with Gasteiger partial charge in [0, 0.05) is 38.5 Å². The van der Waals surface area contributed by atoms with Crippen LogP contribution < -0.4 is 0 Å². The number of carbonyl (C=O) groups is 3. The van der Waals surface area contributed by atoms with Gasteiger partial charge in [0.25, 0.3) is 5.91 Å². The molecule has 5 rings (SSSR count). The highest BCUT2D eigenvalue weighted by Crippen LogP contribution is 2.43. The van der Waals surface area contributed by atoms with E-state index < -0.39 is 0 Å². The number of likely N-dealkylation sites (tertiary alicyclic amines) is 2. The van der Waals surface area contributed by atoms with Crippen LogP contribution in [0.3, 0.4) is 0 Å². The highest BCUT2D eigenvalue weighted by atomic mass is 16.2. The lowest BCUT2D eigenvalue weighted by Crippen LogP contribution is -2.38. The molecule has 0 spiro atoms. The van der Waals surface area contributed by atoms with Crippen LogP contribution in [0.1, 0.15) is 97.1 Å². The van der Waals surface area contributed by atoms with Gasteiger partial charge in [-0.05, 0) is 49.7 Å². The maximum absolute atomic E-state index is 13.5. The second-order valence-electron chi connectivity index (χ2n) is 10.9. The van der Waals surface area contributed by atoms with Crippen LogP contribution >= 0.6 is 0 Å². The number of Topliss-reactive ketones (excluding diaryl/α,β-unsaturated/α-hetero) is 1. The number of hydrogen-bond acceptors (Lipinski definition) is 4. The van der Waals surface area contributed by atoms with Crippen molar-refractivity contribution >= 4 is 17.6 Å². The first-order chi connectivity index (χ1) is 16.2. The van der Waals surface area contributed by atoms with Crippen molar-refractivity contribution in [1.29, 1.82) is 0 Å². The van der Waals surface area contributed by atoms with Gasteiger partial charge in [0.05, 0.1) is 29.0 Å². The average molecular weight is 463 g/mol. The molecule has 2 fully saturated rings. The number of piperidine rings is 1. The van der Waals surface area contributed by atoms with Crippen LogP contribution in [0.15, 0.2) is 30.3 Å². The zero-order valence-electron chi connectivity index (χ0n) is 20.4. The zero-order valence-corrected chi connectivity index (χ0v) is 20.4. The van der Waals surface area contributed by atoms with Crippen LogP contribution in [0.5, 0.6) is 0 Å². The topological polar surface area (TPSA) is 75.5 Å². The van der Waals surface area contributed by atoms with E-state index in [1.165, 1.54) is 0 Å². The molecule has 180 valence electrons. The standard InChI is InChI=1S/C27H34N4O3/c1-18(32)29-14-11-20(12-15-29)31-22-16-27(2,3)17-23(33)24(22)25(28-31)21-10-7-13-30(21)26(34)19-8-5-4-6-9-19/h4-6,8-9,20-21H,7,10-17H2,1-3H3/t21-/m1/s1. The third-order valence-electron chi connectivity index (χ3n) is 7.71. The first kappa shape index (κ1) is 22.8. The molecule has 0 bridgehead atoms. The molecule has 0 unspecified atom stereocenters. The molecular formula is C27H34N4O3. The molecule has 7 heteroatoms. The molecule has 3 aliphatic rings. The minimum absolute atomic E-state index is 0.00440. The van der Waals surface area contributed by atoms with Gasteiger partial charge in [0.15, 0.2) is 5.78 Å². The predicted octanol–water partition coefficient (Wildman–Crippen LogP) is 4.20. The van der Waals surface area contributed by atoms with Crippen LogP contribution in [0.4, 0.5) is 0 Å². The average Bonchev–Trinajstić information content (AvgIpc) is 3.43. The van der Waals surface area contributed by atoms with Gasteiger partial charge in [-0.25, -0.2) is 0 Å². The van der Waals surface area contributed by atoms with E-state index in [0.29, 0.717) is 31.6 Å². The minimum Gasteiger partial charge on any atom is -0.343 e. The normalized spacial score (nSPS) is 22.7. The Morgan fingerprint density at radius 2 is 1.71 bits per heavy atom. The molecule has 2 aromatic rings. The molecule has 2 aliphatic heterocycles. The van der Waals surface area contributed by atoms with Crippen LogP contribution in [0.25, 0.3) is 0 Å². The van der Waals surface area contributed by atoms with Gasteiger partial charge < -0.3 is 9.80 Å². The summed E-state index contributed by atoms with van der Waals surface area (Å²) in [7, 11) is 0. The number of ketones is 1. The first-order valence-electron chi connectivity index (χ1n) is 12.5. The molecule has 1 aliphatic carbocycles. The van der Waals surface area contributed by atoms with Crippen molar-refractivity contribution in [1.82, 2.24) is 19.6 Å². The van der Waals surface area contributed by atoms with Crippen molar-refractivity contribution in [2.24, 2.45) is 5.41 Å². The fourth-order valence-corrected chi connectivity index (χ4v) is 6.00. The number of carbonyl (C=O) groups excluding carboxylic acids is 3. The second kappa shape index (κ2) is 8.67. The fraction of sp³-hybridized carbons (Fsp3) is 0.556. The molecule has 7 nitrogen and oxygen atoms in total. The van der Waals surface area contributed by atoms with Crippen molar-refractivity contribution in [3.05, 3.63) is 52.8 Å². The van der Waals surface area contributed by atoms with E-state index in [0.717, 1.165) is 49.1 Å². The quantitative estimate of drug-likeness (QED) is 0.685.